The van der Waals surface area contributed by atoms with E-state index in [0.29, 0.717) is 6.04 Å². The van der Waals surface area contributed by atoms with Gasteiger partial charge in [-0.25, -0.2) is 0 Å². The first-order valence-corrected chi connectivity index (χ1v) is 8.32. The Balaban J connectivity index is 1.86. The van der Waals surface area contributed by atoms with Crippen LogP contribution in [-0.4, -0.2) is 24.0 Å². The van der Waals surface area contributed by atoms with Crippen molar-refractivity contribution in [2.24, 2.45) is 11.7 Å². The minimum Gasteiger partial charge on any atom is -0.329 e. The van der Waals surface area contributed by atoms with Crippen LogP contribution in [0.5, 0.6) is 0 Å². The van der Waals surface area contributed by atoms with Crippen LogP contribution in [0.3, 0.4) is 0 Å². The first kappa shape index (κ1) is 14.1. The van der Waals surface area contributed by atoms with Gasteiger partial charge in [-0.2, -0.15) is 0 Å². The number of fused-ring (bicyclic) bond motifs is 1. The van der Waals surface area contributed by atoms with E-state index in [1.807, 2.05) is 0 Å². The molecule has 0 spiro atoms. The average molecular weight is 272 g/mol. The maximum atomic E-state index is 6.18. The molecule has 1 unspecified atom stereocenters. The number of aryl methyl sites for hydroxylation is 1. The Labute approximate surface area is 123 Å². The molecule has 1 aromatic carbocycles. The largest absolute Gasteiger partial charge is 0.329 e. The smallest absolute Gasteiger partial charge is 0.0476 e. The van der Waals surface area contributed by atoms with Crippen molar-refractivity contribution in [1.82, 2.24) is 4.90 Å². The molecule has 1 saturated carbocycles. The van der Waals surface area contributed by atoms with Gasteiger partial charge in [0.25, 0.3) is 0 Å². The standard InChI is InChI=1S/C18H28N2/c1-14-7-2-4-10-16(14)18(13-19)20-12-6-9-15-8-3-5-11-17(15)20/h2,4,7,10,15,17-18H,3,5-6,8-9,11-13,19H2,1H3/t15-,17-,18?/m1/s1. The van der Waals surface area contributed by atoms with E-state index in [0.717, 1.165) is 18.5 Å². The number of likely N-dealkylation sites (tertiary alicyclic amines) is 1. The minimum absolute atomic E-state index is 0.419. The SMILES string of the molecule is Cc1ccccc1C(CN)N1CCC[C@H]2CCCC[C@H]21. The first-order valence-electron chi connectivity index (χ1n) is 8.32. The zero-order chi connectivity index (χ0) is 13.9. The molecule has 1 aromatic rings. The molecule has 20 heavy (non-hydrogen) atoms. The Morgan fingerprint density at radius 1 is 1.15 bits per heavy atom. The molecule has 0 radical (unpaired) electrons. The van der Waals surface area contributed by atoms with Crippen molar-refractivity contribution in [1.29, 1.82) is 0 Å². The Bertz CT molecular complexity index is 441. The second-order valence-corrected chi connectivity index (χ2v) is 6.60. The highest BCUT2D eigenvalue weighted by Gasteiger charge is 2.36. The van der Waals surface area contributed by atoms with Crippen LogP contribution in [0.4, 0.5) is 0 Å². The van der Waals surface area contributed by atoms with Crippen LogP contribution >= 0.6 is 0 Å². The second-order valence-electron chi connectivity index (χ2n) is 6.60. The van der Waals surface area contributed by atoms with Gasteiger partial charge in [0, 0.05) is 18.6 Å². The molecule has 3 atom stereocenters. The molecule has 1 aliphatic carbocycles. The van der Waals surface area contributed by atoms with Gasteiger partial charge < -0.3 is 5.73 Å². The summed E-state index contributed by atoms with van der Waals surface area (Å²) >= 11 is 0. The lowest BCUT2D eigenvalue weighted by Crippen LogP contribution is -2.50. The van der Waals surface area contributed by atoms with Gasteiger partial charge in [0.05, 0.1) is 0 Å². The predicted molar refractivity (Wildman–Crippen MR) is 84.7 cm³/mol. The molecule has 2 heteroatoms. The van der Waals surface area contributed by atoms with E-state index in [9.17, 15) is 0 Å². The first-order chi connectivity index (χ1) is 9.81. The predicted octanol–water partition coefficient (Wildman–Crippen LogP) is 3.65. The third kappa shape index (κ3) is 2.64. The summed E-state index contributed by atoms with van der Waals surface area (Å²) in [6.45, 7) is 4.20. The third-order valence-electron chi connectivity index (χ3n) is 5.46. The van der Waals surface area contributed by atoms with E-state index < -0.39 is 0 Å². The van der Waals surface area contributed by atoms with E-state index in [4.69, 9.17) is 5.73 Å². The van der Waals surface area contributed by atoms with Gasteiger partial charge in [0.2, 0.25) is 0 Å². The number of hydrogen-bond donors (Lipinski definition) is 1. The van der Waals surface area contributed by atoms with Gasteiger partial charge in [0.15, 0.2) is 0 Å². The topological polar surface area (TPSA) is 29.3 Å². The lowest BCUT2D eigenvalue weighted by atomic mass is 9.77. The molecule has 1 heterocycles. The third-order valence-corrected chi connectivity index (χ3v) is 5.46. The number of hydrogen-bond acceptors (Lipinski definition) is 2. The maximum Gasteiger partial charge on any atom is 0.0476 e. The Hall–Kier alpha value is -0.860. The van der Waals surface area contributed by atoms with Crippen LogP contribution in [0, 0.1) is 12.8 Å². The molecule has 2 fully saturated rings. The molecule has 0 amide bonds. The molecule has 1 aliphatic heterocycles. The molecule has 2 nitrogen and oxygen atoms in total. The van der Waals surface area contributed by atoms with Gasteiger partial charge in [-0.1, -0.05) is 37.1 Å². The van der Waals surface area contributed by atoms with Gasteiger partial charge in [-0.3, -0.25) is 4.90 Å². The monoisotopic (exact) mass is 272 g/mol. The van der Waals surface area contributed by atoms with Crippen LogP contribution < -0.4 is 5.73 Å². The van der Waals surface area contributed by atoms with E-state index in [1.54, 1.807) is 0 Å². The van der Waals surface area contributed by atoms with Crippen molar-refractivity contribution < 1.29 is 0 Å². The van der Waals surface area contributed by atoms with Gasteiger partial charge in [0.1, 0.15) is 0 Å². The second kappa shape index (κ2) is 6.28. The highest BCUT2D eigenvalue weighted by Crippen LogP contribution is 2.39. The van der Waals surface area contributed by atoms with Crippen molar-refractivity contribution in [2.75, 3.05) is 13.1 Å². The van der Waals surface area contributed by atoms with Gasteiger partial charge in [-0.15, -0.1) is 0 Å². The van der Waals surface area contributed by atoms with Crippen molar-refractivity contribution in [3.63, 3.8) is 0 Å². The number of nitrogens with zero attached hydrogens (tertiary/aromatic N) is 1. The van der Waals surface area contributed by atoms with E-state index in [1.165, 1.54) is 56.2 Å². The van der Waals surface area contributed by atoms with Gasteiger partial charge in [-0.05, 0) is 56.2 Å². The molecule has 2 N–H and O–H groups in total. The molecule has 110 valence electrons. The van der Waals surface area contributed by atoms with E-state index in [2.05, 4.69) is 36.1 Å². The van der Waals surface area contributed by atoms with Crippen molar-refractivity contribution >= 4 is 0 Å². The summed E-state index contributed by atoms with van der Waals surface area (Å²) in [5.74, 6) is 0.926. The zero-order valence-corrected chi connectivity index (χ0v) is 12.7. The lowest BCUT2D eigenvalue weighted by molar-refractivity contribution is 0.0274. The van der Waals surface area contributed by atoms with Crippen LogP contribution in [0.15, 0.2) is 24.3 Å². The molecular formula is C18H28N2. The summed E-state index contributed by atoms with van der Waals surface area (Å²) in [6.07, 6.45) is 8.45. The molecular weight excluding hydrogens is 244 g/mol. The van der Waals surface area contributed by atoms with Crippen molar-refractivity contribution in [3.8, 4) is 0 Å². The fourth-order valence-electron chi connectivity index (χ4n) is 4.45. The number of piperidine rings is 1. The fraction of sp³-hybridized carbons (Fsp3) is 0.667. The quantitative estimate of drug-likeness (QED) is 0.910. The highest BCUT2D eigenvalue weighted by molar-refractivity contribution is 5.29. The molecule has 3 rings (SSSR count). The molecule has 0 bridgehead atoms. The summed E-state index contributed by atoms with van der Waals surface area (Å²) in [7, 11) is 0. The number of nitrogens with two attached hydrogens (primary N) is 1. The van der Waals surface area contributed by atoms with Crippen molar-refractivity contribution in [2.45, 2.75) is 57.5 Å². The Morgan fingerprint density at radius 2 is 1.90 bits per heavy atom. The zero-order valence-electron chi connectivity index (χ0n) is 12.7. The Kier molecular flexibility index (Phi) is 4.42. The fourth-order valence-corrected chi connectivity index (χ4v) is 4.45. The van der Waals surface area contributed by atoms with E-state index >= 15 is 0 Å². The number of rotatable bonds is 3. The average Bonchev–Trinajstić information content (AvgIpc) is 2.50. The summed E-state index contributed by atoms with van der Waals surface area (Å²) in [5.41, 5.74) is 9.02. The van der Waals surface area contributed by atoms with Crippen LogP contribution in [0.2, 0.25) is 0 Å². The highest BCUT2D eigenvalue weighted by atomic mass is 15.2. The summed E-state index contributed by atoms with van der Waals surface area (Å²) in [4.78, 5) is 2.75. The molecule has 2 aliphatic rings. The summed E-state index contributed by atoms with van der Waals surface area (Å²) in [5, 5.41) is 0. The Morgan fingerprint density at radius 3 is 2.70 bits per heavy atom. The number of benzene rings is 1. The van der Waals surface area contributed by atoms with Gasteiger partial charge >= 0.3 is 0 Å². The lowest BCUT2D eigenvalue weighted by Gasteiger charge is -2.48. The minimum atomic E-state index is 0.419. The summed E-state index contributed by atoms with van der Waals surface area (Å²) < 4.78 is 0. The summed E-state index contributed by atoms with van der Waals surface area (Å²) in [6, 6.07) is 9.99. The van der Waals surface area contributed by atoms with Crippen molar-refractivity contribution in [3.05, 3.63) is 35.4 Å². The van der Waals surface area contributed by atoms with Crippen LogP contribution in [0.1, 0.15) is 55.7 Å². The molecule has 1 saturated heterocycles. The molecule has 0 aromatic heterocycles. The van der Waals surface area contributed by atoms with E-state index in [-0.39, 0.29) is 0 Å². The normalized spacial score (nSPS) is 28.9. The van der Waals surface area contributed by atoms with Crippen LogP contribution in [-0.2, 0) is 0 Å². The maximum absolute atomic E-state index is 6.18. The van der Waals surface area contributed by atoms with Crippen LogP contribution in [0.25, 0.3) is 0 Å².